The molecule has 206 valence electrons. The summed E-state index contributed by atoms with van der Waals surface area (Å²) in [5.74, 6) is -8.78. The predicted octanol–water partition coefficient (Wildman–Crippen LogP) is 2.28. The van der Waals surface area contributed by atoms with Crippen LogP contribution in [0.5, 0.6) is 0 Å². The molecule has 1 rings (SSSR count). The Morgan fingerprint density at radius 1 is 1.00 bits per heavy atom. The fraction of sp³-hybridized carbons (Fsp3) is 0.882. The number of carbonyl (C=O) groups is 2. The molecule has 18 heteroatoms. The molecule has 1 atom stereocenters. The summed E-state index contributed by atoms with van der Waals surface area (Å²) in [5.41, 5.74) is 0. The topological polar surface area (TPSA) is 138 Å². The third-order valence-electron chi connectivity index (χ3n) is 5.28. The molecular formula is C17H26F6N2O8S2. The number of amides is 1. The van der Waals surface area contributed by atoms with Gasteiger partial charge in [0, 0.05) is 19.5 Å². The maximum absolute atomic E-state index is 14.3. The summed E-state index contributed by atoms with van der Waals surface area (Å²) < 4.78 is 142. The minimum Gasteiger partial charge on any atom is -0.465 e. The molecule has 1 fully saturated rings. The maximum atomic E-state index is 14.3. The average molecular weight is 565 g/mol. The van der Waals surface area contributed by atoms with Crippen molar-refractivity contribution in [2.45, 2.75) is 62.4 Å². The Morgan fingerprint density at radius 2 is 1.54 bits per heavy atom. The molecule has 0 radical (unpaired) electrons. The molecule has 10 nitrogen and oxygen atoms in total. The van der Waals surface area contributed by atoms with E-state index in [9.17, 15) is 52.8 Å². The lowest BCUT2D eigenvalue weighted by Gasteiger charge is -2.34. The molecule has 1 heterocycles. The lowest BCUT2D eigenvalue weighted by Crippen LogP contribution is -2.63. The molecule has 1 N–H and O–H groups in total. The smallest absolute Gasteiger partial charge is 0.439 e. The first-order valence-corrected chi connectivity index (χ1v) is 13.2. The van der Waals surface area contributed by atoms with Crippen LogP contribution in [0.15, 0.2) is 0 Å². The molecule has 1 aliphatic heterocycles. The molecule has 0 bridgehead atoms. The number of halogens is 6. The second-order valence-electron chi connectivity index (χ2n) is 7.85. The zero-order valence-electron chi connectivity index (χ0n) is 18.7. The highest BCUT2D eigenvalue weighted by Crippen LogP contribution is 2.51. The number of esters is 1. The zero-order valence-corrected chi connectivity index (χ0v) is 20.4. The number of hydrogen-bond donors (Lipinski definition) is 1. The number of carbonyl (C=O) groups excluding carboxylic acids is 2. The lowest BCUT2D eigenvalue weighted by atomic mass is 10.1. The van der Waals surface area contributed by atoms with Crippen molar-refractivity contribution in [1.82, 2.24) is 9.21 Å². The predicted molar refractivity (Wildman–Crippen MR) is 107 cm³/mol. The fourth-order valence-electron chi connectivity index (χ4n) is 2.84. The summed E-state index contributed by atoms with van der Waals surface area (Å²) in [4.78, 5) is 24.7. The van der Waals surface area contributed by atoms with Crippen LogP contribution in [0.4, 0.5) is 26.3 Å². The summed E-state index contributed by atoms with van der Waals surface area (Å²) in [6.07, 6.45) is -0.0282. The van der Waals surface area contributed by atoms with E-state index >= 15 is 0 Å². The van der Waals surface area contributed by atoms with E-state index in [-0.39, 0.29) is 49.1 Å². The minimum atomic E-state index is -7.14. The number of sulfonamides is 1. The summed E-state index contributed by atoms with van der Waals surface area (Å²) in [5, 5.41) is -13.5. The van der Waals surface area contributed by atoms with E-state index in [1.54, 1.807) is 13.8 Å². The minimum absolute atomic E-state index is 0.0287. The van der Waals surface area contributed by atoms with Crippen LogP contribution < -0.4 is 0 Å². The van der Waals surface area contributed by atoms with Gasteiger partial charge >= 0.3 is 32.5 Å². The summed E-state index contributed by atoms with van der Waals surface area (Å²) in [6.45, 7) is 0.946. The SMILES string of the molecule is CCC(C)C(=O)OCCCC(=O)N1CCCCN(S(=O)(=O)C(F)(F)C(F)(F)C(F)(F)S(=O)(=O)O)C1. The van der Waals surface area contributed by atoms with Gasteiger partial charge in [0.15, 0.2) is 0 Å². The van der Waals surface area contributed by atoms with Gasteiger partial charge in [-0.2, -0.15) is 39.1 Å². The van der Waals surface area contributed by atoms with Crippen LogP contribution in [0.3, 0.4) is 0 Å². The monoisotopic (exact) mass is 564 g/mol. The van der Waals surface area contributed by atoms with Gasteiger partial charge in [0.05, 0.1) is 19.2 Å². The Morgan fingerprint density at radius 3 is 2.06 bits per heavy atom. The number of ether oxygens (including phenoxy) is 1. The van der Waals surface area contributed by atoms with E-state index in [1.807, 2.05) is 0 Å². The van der Waals surface area contributed by atoms with Gasteiger partial charge in [0.1, 0.15) is 0 Å². The van der Waals surface area contributed by atoms with Gasteiger partial charge in [-0.1, -0.05) is 13.8 Å². The van der Waals surface area contributed by atoms with E-state index in [0.717, 1.165) is 4.90 Å². The van der Waals surface area contributed by atoms with E-state index in [4.69, 9.17) is 9.29 Å². The van der Waals surface area contributed by atoms with Crippen molar-refractivity contribution in [3.05, 3.63) is 0 Å². The molecule has 0 aromatic heterocycles. The number of rotatable bonds is 11. The second kappa shape index (κ2) is 11.2. The van der Waals surface area contributed by atoms with Crippen molar-refractivity contribution in [2.24, 2.45) is 5.92 Å². The van der Waals surface area contributed by atoms with Gasteiger partial charge < -0.3 is 9.64 Å². The third kappa shape index (κ3) is 6.37. The van der Waals surface area contributed by atoms with Gasteiger partial charge in [-0.15, -0.1) is 0 Å². The Bertz CT molecular complexity index is 991. The molecule has 35 heavy (non-hydrogen) atoms. The highest BCUT2D eigenvalue weighted by atomic mass is 32.2. The van der Waals surface area contributed by atoms with E-state index in [0.29, 0.717) is 6.42 Å². The summed E-state index contributed by atoms with van der Waals surface area (Å²) in [6, 6.07) is 0. The molecule has 1 unspecified atom stereocenters. The van der Waals surface area contributed by atoms with Crippen LogP contribution in [0.1, 0.15) is 46.0 Å². The standard InChI is InChI=1S/C17H26F6N2O8S2/c1-3-12(2)14(27)33-10-6-7-13(26)24-8-4-5-9-25(11-24)34(28,29)16(20,21)15(18,19)17(22,23)35(30,31)32/h12H,3-11H2,1-2H3,(H,30,31,32). The number of nitrogens with zero attached hydrogens (tertiary/aromatic N) is 2. The molecule has 0 saturated carbocycles. The quantitative estimate of drug-likeness (QED) is 0.175. The maximum Gasteiger partial charge on any atom is 0.439 e. The van der Waals surface area contributed by atoms with Crippen molar-refractivity contribution >= 4 is 32.0 Å². The van der Waals surface area contributed by atoms with Crippen molar-refractivity contribution < 1.29 is 62.1 Å². The first-order valence-electron chi connectivity index (χ1n) is 10.3. The van der Waals surface area contributed by atoms with Crippen LogP contribution in [0.2, 0.25) is 0 Å². The van der Waals surface area contributed by atoms with Gasteiger partial charge in [-0.25, -0.2) is 8.42 Å². The van der Waals surface area contributed by atoms with Crippen LogP contribution in [-0.2, 0) is 34.5 Å². The molecule has 0 aliphatic carbocycles. The highest BCUT2D eigenvalue weighted by Gasteiger charge is 2.82. The Balaban J connectivity index is 3.02. The third-order valence-corrected chi connectivity index (χ3v) is 8.07. The molecule has 0 aromatic rings. The second-order valence-corrected chi connectivity index (χ2v) is 11.3. The van der Waals surface area contributed by atoms with E-state index in [1.165, 1.54) is 0 Å². The molecule has 1 aliphatic rings. The van der Waals surface area contributed by atoms with Crippen LogP contribution in [0, 0.1) is 5.92 Å². The Kier molecular flexibility index (Phi) is 10.0. The fourth-order valence-corrected chi connectivity index (χ4v) is 4.80. The Labute approximate surface area is 198 Å². The molecule has 1 amide bonds. The number of alkyl halides is 6. The summed E-state index contributed by atoms with van der Waals surface area (Å²) >= 11 is 0. The largest absolute Gasteiger partial charge is 0.465 e. The van der Waals surface area contributed by atoms with Crippen molar-refractivity contribution in [2.75, 3.05) is 26.4 Å². The average Bonchev–Trinajstić information content (AvgIpc) is 3.01. The summed E-state index contributed by atoms with van der Waals surface area (Å²) in [7, 11) is -13.8. The normalized spacial score (nSPS) is 18.1. The first-order chi connectivity index (χ1) is 15.8. The van der Waals surface area contributed by atoms with Crippen molar-refractivity contribution in [3.8, 4) is 0 Å². The lowest BCUT2D eigenvalue weighted by molar-refractivity contribution is -0.247. The van der Waals surface area contributed by atoms with E-state index < -0.39 is 61.7 Å². The molecule has 0 aromatic carbocycles. The Hall–Kier alpha value is -1.66. The number of hydrogen-bond acceptors (Lipinski definition) is 7. The molecular weight excluding hydrogens is 538 g/mol. The van der Waals surface area contributed by atoms with Gasteiger partial charge in [0.25, 0.3) is 10.0 Å². The molecule has 1 saturated heterocycles. The van der Waals surface area contributed by atoms with Gasteiger partial charge in [-0.05, 0) is 25.7 Å². The van der Waals surface area contributed by atoms with Crippen molar-refractivity contribution in [3.63, 3.8) is 0 Å². The first kappa shape index (κ1) is 31.4. The highest BCUT2D eigenvalue weighted by molar-refractivity contribution is 7.90. The van der Waals surface area contributed by atoms with Crippen LogP contribution in [-0.4, -0.2) is 85.3 Å². The van der Waals surface area contributed by atoms with Gasteiger partial charge in [0.2, 0.25) is 5.91 Å². The van der Waals surface area contributed by atoms with Gasteiger partial charge in [-0.3, -0.25) is 14.1 Å². The van der Waals surface area contributed by atoms with Crippen LogP contribution in [0.25, 0.3) is 0 Å². The van der Waals surface area contributed by atoms with Crippen LogP contribution >= 0.6 is 0 Å². The zero-order chi connectivity index (χ0) is 27.5. The van der Waals surface area contributed by atoms with E-state index in [2.05, 4.69) is 0 Å². The molecule has 0 spiro atoms. The van der Waals surface area contributed by atoms with Crippen molar-refractivity contribution in [1.29, 1.82) is 0 Å².